The summed E-state index contributed by atoms with van der Waals surface area (Å²) in [6, 6.07) is 15.9. The van der Waals surface area contributed by atoms with Crippen molar-refractivity contribution in [3.05, 3.63) is 65.2 Å². The smallest absolute Gasteiger partial charge is 0.264 e. The third-order valence-electron chi connectivity index (χ3n) is 3.59. The number of hydrogen-bond acceptors (Lipinski definition) is 7. The van der Waals surface area contributed by atoms with E-state index < -0.39 is 0 Å². The van der Waals surface area contributed by atoms with Crippen molar-refractivity contribution in [3.8, 4) is 5.75 Å². The molecule has 1 aromatic heterocycles. The highest BCUT2D eigenvalue weighted by atomic mass is 32.2. The molecule has 0 atom stereocenters. The number of aryl methyl sites for hydroxylation is 1. The summed E-state index contributed by atoms with van der Waals surface area (Å²) in [6.45, 7) is 2.07. The second kappa shape index (κ2) is 8.39. The minimum atomic E-state index is 0.371. The normalized spacial score (nSPS) is 11.0. The molecule has 0 saturated carbocycles. The van der Waals surface area contributed by atoms with E-state index in [1.165, 1.54) is 27.6 Å². The van der Waals surface area contributed by atoms with Crippen LogP contribution in [0.1, 0.15) is 16.7 Å². The van der Waals surface area contributed by atoms with Crippen molar-refractivity contribution in [1.82, 2.24) is 14.9 Å². The zero-order valence-electron chi connectivity index (χ0n) is 14.6. The Morgan fingerprint density at radius 1 is 1.23 bits per heavy atom. The number of thioether (sulfide) groups is 1. The van der Waals surface area contributed by atoms with Gasteiger partial charge in [0.25, 0.3) is 5.95 Å². The minimum absolute atomic E-state index is 0.371. The van der Waals surface area contributed by atoms with Gasteiger partial charge in [-0.25, -0.2) is 10.1 Å². The molecule has 0 fully saturated rings. The highest BCUT2D eigenvalue weighted by molar-refractivity contribution is 7.98. The lowest BCUT2D eigenvalue weighted by molar-refractivity contribution is 0.415. The summed E-state index contributed by atoms with van der Waals surface area (Å²) in [5, 5.41) is 12.9. The van der Waals surface area contributed by atoms with E-state index in [0.717, 1.165) is 17.1 Å². The summed E-state index contributed by atoms with van der Waals surface area (Å²) >= 11 is 1.52. The Morgan fingerprint density at radius 3 is 2.88 bits per heavy atom. The van der Waals surface area contributed by atoms with Crippen molar-refractivity contribution < 1.29 is 4.74 Å². The number of aromatic nitrogens is 3. The number of nitrogen functional groups attached to an aromatic ring is 1. The van der Waals surface area contributed by atoms with Gasteiger partial charge < -0.3 is 10.6 Å². The zero-order valence-corrected chi connectivity index (χ0v) is 15.4. The lowest BCUT2D eigenvalue weighted by Crippen LogP contribution is -2.13. The van der Waals surface area contributed by atoms with Gasteiger partial charge in [0.2, 0.25) is 5.16 Å². The van der Waals surface area contributed by atoms with Crippen molar-refractivity contribution in [2.75, 3.05) is 18.4 Å². The van der Waals surface area contributed by atoms with Gasteiger partial charge >= 0.3 is 0 Å². The van der Waals surface area contributed by atoms with Crippen LogP contribution in [0.25, 0.3) is 0 Å². The maximum absolute atomic E-state index is 6.04. The number of nitrogens with zero attached hydrogens (tertiary/aromatic N) is 4. The molecular weight excluding hydrogens is 348 g/mol. The van der Waals surface area contributed by atoms with Crippen molar-refractivity contribution in [2.24, 2.45) is 5.10 Å². The van der Waals surface area contributed by atoms with Gasteiger partial charge in [-0.3, -0.25) is 0 Å². The van der Waals surface area contributed by atoms with Gasteiger partial charge in [0.05, 0.1) is 13.3 Å². The molecule has 8 heteroatoms. The lowest BCUT2D eigenvalue weighted by atomic mass is 10.2. The Hall–Kier alpha value is -3.00. The number of nitrogens with one attached hydrogen (secondary N) is 1. The van der Waals surface area contributed by atoms with Gasteiger partial charge in [-0.15, -0.1) is 10.2 Å². The molecule has 134 valence electrons. The molecular formula is C18H20N6OS. The van der Waals surface area contributed by atoms with E-state index in [2.05, 4.69) is 45.8 Å². The first-order chi connectivity index (χ1) is 12.7. The predicted octanol–water partition coefficient (Wildman–Crippen LogP) is 3.05. The summed E-state index contributed by atoms with van der Waals surface area (Å²) in [5.74, 6) is 7.95. The molecule has 3 rings (SSSR count). The summed E-state index contributed by atoms with van der Waals surface area (Å²) in [7, 11) is 1.63. The molecule has 0 saturated heterocycles. The molecule has 3 aromatic rings. The molecule has 3 N–H and O–H groups in total. The van der Waals surface area contributed by atoms with Crippen LogP contribution in [0.15, 0.2) is 58.8 Å². The number of nitrogens with two attached hydrogens (primary N) is 1. The Morgan fingerprint density at radius 2 is 2.08 bits per heavy atom. The molecule has 0 spiro atoms. The van der Waals surface area contributed by atoms with Crippen LogP contribution in [0.2, 0.25) is 0 Å². The SMILES string of the molecule is COc1cccc(/C=N/Nc2nnc(SCc3cccc(C)c3)n2N)c1. The van der Waals surface area contributed by atoms with Gasteiger partial charge in [0.1, 0.15) is 5.75 Å². The monoisotopic (exact) mass is 368 g/mol. The first-order valence-corrected chi connectivity index (χ1v) is 8.96. The van der Waals surface area contributed by atoms with Crippen LogP contribution in [-0.4, -0.2) is 28.2 Å². The van der Waals surface area contributed by atoms with Crippen molar-refractivity contribution in [1.29, 1.82) is 0 Å². The van der Waals surface area contributed by atoms with Crippen LogP contribution < -0.4 is 16.0 Å². The molecule has 1 heterocycles. The average Bonchev–Trinajstić information content (AvgIpc) is 3.00. The largest absolute Gasteiger partial charge is 0.497 e. The van der Waals surface area contributed by atoms with E-state index in [1.54, 1.807) is 13.3 Å². The summed E-state index contributed by atoms with van der Waals surface area (Å²) in [5.41, 5.74) is 6.14. The molecule has 0 bridgehead atoms. The van der Waals surface area contributed by atoms with Gasteiger partial charge in [-0.2, -0.15) is 5.10 Å². The van der Waals surface area contributed by atoms with Crippen LogP contribution in [0.3, 0.4) is 0 Å². The number of ether oxygens (including phenoxy) is 1. The molecule has 0 aliphatic rings. The van der Waals surface area contributed by atoms with E-state index >= 15 is 0 Å². The maximum Gasteiger partial charge on any atom is 0.264 e. The van der Waals surface area contributed by atoms with Gasteiger partial charge in [0, 0.05) is 5.75 Å². The molecule has 2 aromatic carbocycles. The zero-order chi connectivity index (χ0) is 18.4. The number of benzene rings is 2. The third kappa shape index (κ3) is 4.54. The number of anilines is 1. The summed E-state index contributed by atoms with van der Waals surface area (Å²) in [6.07, 6.45) is 1.66. The predicted molar refractivity (Wildman–Crippen MR) is 105 cm³/mol. The molecule has 0 aliphatic carbocycles. The lowest BCUT2D eigenvalue weighted by Gasteiger charge is -2.04. The van der Waals surface area contributed by atoms with Crippen LogP contribution in [0, 0.1) is 6.92 Å². The fraction of sp³-hybridized carbons (Fsp3) is 0.167. The topological polar surface area (TPSA) is 90.3 Å². The van der Waals surface area contributed by atoms with Gasteiger partial charge in [-0.05, 0) is 30.2 Å². The Balaban J connectivity index is 1.60. The van der Waals surface area contributed by atoms with E-state index in [9.17, 15) is 0 Å². The molecule has 0 amide bonds. The summed E-state index contributed by atoms with van der Waals surface area (Å²) in [4.78, 5) is 0. The molecule has 0 unspecified atom stereocenters. The fourth-order valence-electron chi connectivity index (χ4n) is 2.29. The summed E-state index contributed by atoms with van der Waals surface area (Å²) < 4.78 is 6.57. The minimum Gasteiger partial charge on any atom is -0.497 e. The van der Waals surface area contributed by atoms with Gasteiger partial charge in [0.15, 0.2) is 0 Å². The maximum atomic E-state index is 6.04. The van der Waals surface area contributed by atoms with Crippen LogP contribution in [0.5, 0.6) is 5.75 Å². The van der Waals surface area contributed by atoms with Gasteiger partial charge in [-0.1, -0.05) is 53.7 Å². The average molecular weight is 368 g/mol. The Bertz CT molecular complexity index is 908. The fourth-order valence-corrected chi connectivity index (χ4v) is 3.09. The van der Waals surface area contributed by atoms with Crippen molar-refractivity contribution in [3.63, 3.8) is 0 Å². The standard InChI is InChI=1S/C18H20N6OS/c1-13-5-3-7-15(9-13)12-26-18-23-22-17(24(18)19)21-20-11-14-6-4-8-16(10-14)25-2/h3-11H,12,19H2,1-2H3,(H,21,22)/b20-11+. The molecule has 7 nitrogen and oxygen atoms in total. The second-order valence-electron chi connectivity index (χ2n) is 5.60. The molecule has 0 radical (unpaired) electrons. The first kappa shape index (κ1) is 17.8. The number of methoxy groups -OCH3 is 1. The second-order valence-corrected chi connectivity index (χ2v) is 6.54. The highest BCUT2D eigenvalue weighted by Crippen LogP contribution is 2.22. The number of hydrazone groups is 1. The van der Waals surface area contributed by atoms with E-state index in [4.69, 9.17) is 10.6 Å². The first-order valence-electron chi connectivity index (χ1n) is 7.97. The van der Waals surface area contributed by atoms with Crippen LogP contribution in [-0.2, 0) is 5.75 Å². The van der Waals surface area contributed by atoms with Crippen molar-refractivity contribution in [2.45, 2.75) is 17.8 Å². The van der Waals surface area contributed by atoms with Crippen LogP contribution in [0.4, 0.5) is 5.95 Å². The number of rotatable bonds is 7. The molecule has 26 heavy (non-hydrogen) atoms. The Labute approximate surface area is 156 Å². The third-order valence-corrected chi connectivity index (χ3v) is 4.60. The van der Waals surface area contributed by atoms with Crippen LogP contribution >= 0.6 is 11.8 Å². The molecule has 0 aliphatic heterocycles. The highest BCUT2D eigenvalue weighted by Gasteiger charge is 2.09. The number of hydrogen-bond donors (Lipinski definition) is 2. The van der Waals surface area contributed by atoms with E-state index in [0.29, 0.717) is 11.1 Å². The van der Waals surface area contributed by atoms with E-state index in [1.807, 2.05) is 30.3 Å². The quantitative estimate of drug-likeness (QED) is 0.288. The van der Waals surface area contributed by atoms with Crippen molar-refractivity contribution >= 4 is 23.9 Å². The Kier molecular flexibility index (Phi) is 5.75. The van der Waals surface area contributed by atoms with E-state index in [-0.39, 0.29) is 0 Å².